The zero-order valence-electron chi connectivity index (χ0n) is 9.90. The number of methoxy groups -OCH3 is 1. The van der Waals surface area contributed by atoms with E-state index in [0.717, 1.165) is 5.69 Å². The van der Waals surface area contributed by atoms with Crippen LogP contribution in [0.15, 0.2) is 12.4 Å². The number of nitrogens with zero attached hydrogens (tertiary/aromatic N) is 2. The van der Waals surface area contributed by atoms with Crippen LogP contribution in [0.1, 0.15) is 23.0 Å². The van der Waals surface area contributed by atoms with Crippen molar-refractivity contribution in [1.29, 1.82) is 0 Å². The van der Waals surface area contributed by atoms with Gasteiger partial charge in [0.05, 0.1) is 25.1 Å². The smallest absolute Gasteiger partial charge is 0.343 e. The molecule has 0 radical (unpaired) electrons. The number of carbonyl (C=O) groups excluding carboxylic acids is 1. The summed E-state index contributed by atoms with van der Waals surface area (Å²) in [6.45, 7) is 2.74. The van der Waals surface area contributed by atoms with Gasteiger partial charge in [-0.2, -0.15) is 0 Å². The van der Waals surface area contributed by atoms with E-state index >= 15 is 0 Å². The second-order valence-electron chi connectivity index (χ2n) is 3.58. The molecule has 0 fully saturated rings. The number of imidazole rings is 1. The molecule has 2 rings (SSSR count). The molecule has 0 amide bonds. The first-order chi connectivity index (χ1) is 8.26. The van der Waals surface area contributed by atoms with E-state index in [-0.39, 0.29) is 5.97 Å². The van der Waals surface area contributed by atoms with Crippen molar-refractivity contribution in [2.75, 3.05) is 20.3 Å². The standard InChI is InChI=1S/C11H15N3O3/c1-3-17-11(15)9-6-12-14-7-8(4-5-16-2)13-10(9)14/h6-7,12H,3-5H2,1-2H3. The van der Waals surface area contributed by atoms with Crippen LogP contribution in [0.3, 0.4) is 0 Å². The molecule has 6 heteroatoms. The van der Waals surface area contributed by atoms with Gasteiger partial charge in [0.25, 0.3) is 0 Å². The molecule has 0 atom stereocenters. The largest absolute Gasteiger partial charge is 0.462 e. The van der Waals surface area contributed by atoms with Crippen molar-refractivity contribution in [3.05, 3.63) is 23.7 Å². The lowest BCUT2D eigenvalue weighted by molar-refractivity contribution is 0.0528. The van der Waals surface area contributed by atoms with Crippen LogP contribution in [0, 0.1) is 0 Å². The van der Waals surface area contributed by atoms with E-state index in [9.17, 15) is 4.79 Å². The van der Waals surface area contributed by atoms with E-state index in [1.54, 1.807) is 24.7 Å². The van der Waals surface area contributed by atoms with Crippen LogP contribution in [0.25, 0.3) is 5.65 Å². The first-order valence-corrected chi connectivity index (χ1v) is 5.47. The normalized spacial score (nSPS) is 10.9. The first kappa shape index (κ1) is 11.7. The molecule has 17 heavy (non-hydrogen) atoms. The molecule has 6 nitrogen and oxygen atoms in total. The summed E-state index contributed by atoms with van der Waals surface area (Å²) in [5, 5.41) is 2.94. The summed E-state index contributed by atoms with van der Waals surface area (Å²) < 4.78 is 11.6. The van der Waals surface area contributed by atoms with Crippen molar-refractivity contribution in [3.63, 3.8) is 0 Å². The van der Waals surface area contributed by atoms with E-state index in [4.69, 9.17) is 9.47 Å². The fourth-order valence-electron chi connectivity index (χ4n) is 1.60. The van der Waals surface area contributed by atoms with Gasteiger partial charge in [-0.25, -0.2) is 14.3 Å². The number of nitrogens with one attached hydrogen (secondary N) is 1. The average Bonchev–Trinajstić information content (AvgIpc) is 2.85. The molecular formula is C11H15N3O3. The monoisotopic (exact) mass is 237 g/mol. The van der Waals surface area contributed by atoms with Crippen LogP contribution in [0.4, 0.5) is 0 Å². The highest BCUT2D eigenvalue weighted by Crippen LogP contribution is 2.12. The number of H-pyrrole nitrogens is 1. The lowest BCUT2D eigenvalue weighted by Crippen LogP contribution is -2.04. The Kier molecular flexibility index (Phi) is 3.43. The van der Waals surface area contributed by atoms with Crippen molar-refractivity contribution in [2.45, 2.75) is 13.3 Å². The Morgan fingerprint density at radius 1 is 1.59 bits per heavy atom. The molecule has 2 heterocycles. The lowest BCUT2D eigenvalue weighted by Gasteiger charge is -1.97. The van der Waals surface area contributed by atoms with Crippen molar-refractivity contribution < 1.29 is 14.3 Å². The van der Waals surface area contributed by atoms with Gasteiger partial charge in [-0.1, -0.05) is 0 Å². The van der Waals surface area contributed by atoms with Crippen LogP contribution in [0.5, 0.6) is 0 Å². The number of aromatic nitrogens is 3. The van der Waals surface area contributed by atoms with Crippen LogP contribution in [0.2, 0.25) is 0 Å². The molecule has 0 bridgehead atoms. The van der Waals surface area contributed by atoms with E-state index in [2.05, 4.69) is 10.1 Å². The molecule has 1 N–H and O–H groups in total. The van der Waals surface area contributed by atoms with Crippen molar-refractivity contribution in [3.8, 4) is 0 Å². The van der Waals surface area contributed by atoms with E-state index in [1.807, 2.05) is 6.20 Å². The van der Waals surface area contributed by atoms with Gasteiger partial charge in [-0.05, 0) is 6.92 Å². The lowest BCUT2D eigenvalue weighted by atomic mass is 10.3. The number of hydrogen-bond acceptors (Lipinski definition) is 4. The summed E-state index contributed by atoms with van der Waals surface area (Å²) >= 11 is 0. The molecular weight excluding hydrogens is 222 g/mol. The minimum Gasteiger partial charge on any atom is -0.462 e. The number of fused-ring (bicyclic) bond motifs is 1. The van der Waals surface area contributed by atoms with Gasteiger partial charge in [0.15, 0.2) is 5.65 Å². The predicted octanol–water partition coefficient (Wildman–Crippen LogP) is 1.03. The number of carbonyl (C=O) groups is 1. The Morgan fingerprint density at radius 3 is 3.12 bits per heavy atom. The van der Waals surface area contributed by atoms with Crippen LogP contribution in [-0.4, -0.2) is 40.9 Å². The molecule has 0 unspecified atom stereocenters. The topological polar surface area (TPSA) is 68.6 Å². The molecule has 0 saturated heterocycles. The third-order valence-electron chi connectivity index (χ3n) is 2.40. The molecule has 2 aromatic heterocycles. The summed E-state index contributed by atoms with van der Waals surface area (Å²) in [6.07, 6.45) is 4.16. The minimum absolute atomic E-state index is 0.355. The quantitative estimate of drug-likeness (QED) is 0.788. The van der Waals surface area contributed by atoms with Crippen LogP contribution < -0.4 is 0 Å². The van der Waals surface area contributed by atoms with Gasteiger partial charge in [0.1, 0.15) is 5.56 Å². The second-order valence-corrected chi connectivity index (χ2v) is 3.58. The predicted molar refractivity (Wildman–Crippen MR) is 61.1 cm³/mol. The third-order valence-corrected chi connectivity index (χ3v) is 2.40. The maximum Gasteiger partial charge on any atom is 0.343 e. The summed E-state index contributed by atoms with van der Waals surface area (Å²) in [7, 11) is 1.64. The summed E-state index contributed by atoms with van der Waals surface area (Å²) in [5.74, 6) is -0.359. The van der Waals surface area contributed by atoms with Crippen molar-refractivity contribution in [1.82, 2.24) is 14.6 Å². The van der Waals surface area contributed by atoms with Gasteiger partial charge in [-0.3, -0.25) is 5.10 Å². The van der Waals surface area contributed by atoms with Gasteiger partial charge in [0.2, 0.25) is 0 Å². The Morgan fingerprint density at radius 2 is 2.41 bits per heavy atom. The Hall–Kier alpha value is -1.82. The molecule has 0 saturated carbocycles. The molecule has 0 aliphatic rings. The molecule has 0 aliphatic heterocycles. The molecule has 0 aromatic carbocycles. The van der Waals surface area contributed by atoms with E-state index in [0.29, 0.717) is 30.8 Å². The molecule has 92 valence electrons. The van der Waals surface area contributed by atoms with E-state index < -0.39 is 0 Å². The third kappa shape index (κ3) is 2.31. The Balaban J connectivity index is 2.26. The minimum atomic E-state index is -0.359. The highest BCUT2D eigenvalue weighted by Gasteiger charge is 2.15. The first-order valence-electron chi connectivity index (χ1n) is 5.47. The van der Waals surface area contributed by atoms with Gasteiger partial charge < -0.3 is 9.47 Å². The highest BCUT2D eigenvalue weighted by molar-refractivity contribution is 5.95. The maximum atomic E-state index is 11.6. The average molecular weight is 237 g/mol. The number of ether oxygens (including phenoxy) is 2. The molecule has 2 aromatic rings. The summed E-state index contributed by atoms with van der Waals surface area (Å²) in [6, 6.07) is 0. The van der Waals surface area contributed by atoms with Gasteiger partial charge in [-0.15, -0.1) is 0 Å². The number of esters is 1. The Bertz CT molecular complexity index is 515. The van der Waals surface area contributed by atoms with Crippen LogP contribution in [-0.2, 0) is 15.9 Å². The molecule has 0 spiro atoms. The maximum absolute atomic E-state index is 11.6. The summed E-state index contributed by atoms with van der Waals surface area (Å²) in [5.41, 5.74) is 1.93. The van der Waals surface area contributed by atoms with E-state index in [1.165, 1.54) is 0 Å². The van der Waals surface area contributed by atoms with Crippen molar-refractivity contribution >= 4 is 11.6 Å². The zero-order chi connectivity index (χ0) is 12.3. The summed E-state index contributed by atoms with van der Waals surface area (Å²) in [4.78, 5) is 16.0. The number of aromatic amines is 1. The Labute approximate surface area is 98.5 Å². The fraction of sp³-hybridized carbons (Fsp3) is 0.455. The zero-order valence-corrected chi connectivity index (χ0v) is 9.90. The van der Waals surface area contributed by atoms with Crippen molar-refractivity contribution in [2.24, 2.45) is 0 Å². The van der Waals surface area contributed by atoms with Crippen LogP contribution >= 0.6 is 0 Å². The highest BCUT2D eigenvalue weighted by atomic mass is 16.5. The number of hydrogen-bond donors (Lipinski definition) is 1. The second kappa shape index (κ2) is 5.01. The van der Waals surface area contributed by atoms with Gasteiger partial charge >= 0.3 is 5.97 Å². The molecule has 0 aliphatic carbocycles. The fourth-order valence-corrected chi connectivity index (χ4v) is 1.60. The number of rotatable bonds is 5. The SMILES string of the molecule is CCOC(=O)c1c[nH]n2cc(CCOC)nc12. The van der Waals surface area contributed by atoms with Gasteiger partial charge in [0, 0.05) is 19.7 Å².